The van der Waals surface area contributed by atoms with Crippen molar-refractivity contribution in [2.75, 3.05) is 5.73 Å². The standard InChI is InChI=1S/C16H16ClN3/c1-2-20-15(10-11-6-8-12(18)9-7-11)19-14-5-3-4-13(17)16(14)20/h3-9H,2,10,18H2,1H3. The highest BCUT2D eigenvalue weighted by Gasteiger charge is 2.12. The number of halogens is 1. The lowest BCUT2D eigenvalue weighted by Gasteiger charge is -2.07. The van der Waals surface area contributed by atoms with Crippen molar-refractivity contribution in [3.8, 4) is 0 Å². The second kappa shape index (κ2) is 5.17. The summed E-state index contributed by atoms with van der Waals surface area (Å²) in [6.07, 6.45) is 0.777. The van der Waals surface area contributed by atoms with Crippen LogP contribution in [0.4, 0.5) is 5.69 Å². The van der Waals surface area contributed by atoms with E-state index in [4.69, 9.17) is 22.3 Å². The summed E-state index contributed by atoms with van der Waals surface area (Å²) in [7, 11) is 0. The minimum atomic E-state index is 0.750. The summed E-state index contributed by atoms with van der Waals surface area (Å²) < 4.78 is 2.17. The zero-order valence-electron chi connectivity index (χ0n) is 11.3. The molecule has 0 aliphatic heterocycles. The van der Waals surface area contributed by atoms with E-state index >= 15 is 0 Å². The van der Waals surface area contributed by atoms with Crippen LogP contribution in [0, 0.1) is 0 Å². The van der Waals surface area contributed by atoms with Gasteiger partial charge in [-0.1, -0.05) is 29.8 Å². The molecule has 1 heterocycles. The molecule has 3 aromatic rings. The Hall–Kier alpha value is -2.00. The molecule has 0 bridgehead atoms. The van der Waals surface area contributed by atoms with Crippen LogP contribution in [0.1, 0.15) is 18.3 Å². The summed E-state index contributed by atoms with van der Waals surface area (Å²) in [6.45, 7) is 2.96. The highest BCUT2D eigenvalue weighted by Crippen LogP contribution is 2.25. The van der Waals surface area contributed by atoms with Crippen molar-refractivity contribution < 1.29 is 0 Å². The fraction of sp³-hybridized carbons (Fsp3) is 0.188. The minimum absolute atomic E-state index is 0.750. The number of nitrogen functional groups attached to an aromatic ring is 1. The third kappa shape index (κ3) is 2.25. The van der Waals surface area contributed by atoms with E-state index in [1.165, 1.54) is 5.56 Å². The van der Waals surface area contributed by atoms with E-state index in [0.717, 1.165) is 40.5 Å². The summed E-state index contributed by atoms with van der Waals surface area (Å²) in [5.41, 5.74) is 9.66. The minimum Gasteiger partial charge on any atom is -0.399 e. The van der Waals surface area contributed by atoms with Gasteiger partial charge in [0, 0.05) is 18.7 Å². The molecule has 0 fully saturated rings. The predicted molar refractivity (Wildman–Crippen MR) is 84.1 cm³/mol. The van der Waals surface area contributed by atoms with Gasteiger partial charge >= 0.3 is 0 Å². The number of aromatic nitrogens is 2. The molecule has 0 saturated carbocycles. The van der Waals surface area contributed by atoms with Crippen LogP contribution < -0.4 is 5.73 Å². The van der Waals surface area contributed by atoms with Crippen LogP contribution in [0.25, 0.3) is 11.0 Å². The van der Waals surface area contributed by atoms with Crippen molar-refractivity contribution in [2.45, 2.75) is 19.9 Å². The Bertz CT molecular complexity index is 744. The molecule has 20 heavy (non-hydrogen) atoms. The first-order chi connectivity index (χ1) is 9.69. The molecule has 2 aromatic carbocycles. The number of nitrogens with two attached hydrogens (primary N) is 1. The summed E-state index contributed by atoms with van der Waals surface area (Å²) in [6, 6.07) is 13.8. The van der Waals surface area contributed by atoms with Crippen LogP contribution in [0.2, 0.25) is 5.02 Å². The Labute approximate surface area is 123 Å². The van der Waals surface area contributed by atoms with Gasteiger partial charge in [-0.05, 0) is 36.8 Å². The van der Waals surface area contributed by atoms with Crippen molar-refractivity contribution >= 4 is 28.3 Å². The molecular formula is C16H16ClN3. The lowest BCUT2D eigenvalue weighted by Crippen LogP contribution is -2.03. The average molecular weight is 286 g/mol. The fourth-order valence-corrected chi connectivity index (χ4v) is 2.76. The average Bonchev–Trinajstić information content (AvgIpc) is 2.80. The molecule has 0 atom stereocenters. The first-order valence-corrected chi connectivity index (χ1v) is 7.05. The van der Waals surface area contributed by atoms with E-state index in [1.54, 1.807) is 0 Å². The Morgan fingerprint density at radius 3 is 2.60 bits per heavy atom. The Morgan fingerprint density at radius 2 is 1.90 bits per heavy atom. The molecule has 0 aliphatic rings. The van der Waals surface area contributed by atoms with Crippen LogP contribution >= 0.6 is 11.6 Å². The van der Waals surface area contributed by atoms with E-state index in [-0.39, 0.29) is 0 Å². The smallest absolute Gasteiger partial charge is 0.114 e. The van der Waals surface area contributed by atoms with Gasteiger partial charge in [0.2, 0.25) is 0 Å². The number of para-hydroxylation sites is 1. The molecule has 0 amide bonds. The highest BCUT2D eigenvalue weighted by atomic mass is 35.5. The molecule has 3 rings (SSSR count). The molecule has 0 unspecified atom stereocenters. The summed E-state index contributed by atoms with van der Waals surface area (Å²) in [5.74, 6) is 1.03. The molecule has 0 aliphatic carbocycles. The van der Waals surface area contributed by atoms with E-state index in [0.29, 0.717) is 0 Å². The number of anilines is 1. The number of benzene rings is 2. The van der Waals surface area contributed by atoms with Gasteiger partial charge in [0.05, 0.1) is 16.1 Å². The lowest BCUT2D eigenvalue weighted by molar-refractivity contribution is 0.734. The maximum absolute atomic E-state index is 6.30. The fourth-order valence-electron chi connectivity index (χ4n) is 2.48. The highest BCUT2D eigenvalue weighted by molar-refractivity contribution is 6.35. The van der Waals surface area contributed by atoms with E-state index < -0.39 is 0 Å². The van der Waals surface area contributed by atoms with Crippen molar-refractivity contribution in [1.82, 2.24) is 9.55 Å². The maximum atomic E-state index is 6.30. The zero-order chi connectivity index (χ0) is 14.1. The maximum Gasteiger partial charge on any atom is 0.114 e. The molecule has 3 nitrogen and oxygen atoms in total. The Balaban J connectivity index is 2.07. The van der Waals surface area contributed by atoms with Gasteiger partial charge < -0.3 is 10.3 Å². The van der Waals surface area contributed by atoms with Gasteiger partial charge in [-0.3, -0.25) is 0 Å². The van der Waals surface area contributed by atoms with Crippen molar-refractivity contribution in [3.63, 3.8) is 0 Å². The normalized spacial score (nSPS) is 11.1. The molecule has 0 saturated heterocycles. The zero-order valence-corrected chi connectivity index (χ0v) is 12.1. The monoisotopic (exact) mass is 285 g/mol. The second-order valence-electron chi connectivity index (χ2n) is 4.80. The first-order valence-electron chi connectivity index (χ1n) is 6.67. The number of hydrogen-bond donors (Lipinski definition) is 1. The summed E-state index contributed by atoms with van der Waals surface area (Å²) in [5, 5.41) is 0.750. The number of fused-ring (bicyclic) bond motifs is 1. The molecular weight excluding hydrogens is 270 g/mol. The van der Waals surface area contributed by atoms with Crippen molar-refractivity contribution in [3.05, 3.63) is 58.9 Å². The van der Waals surface area contributed by atoms with E-state index in [2.05, 4.69) is 11.5 Å². The summed E-state index contributed by atoms with van der Waals surface area (Å²) in [4.78, 5) is 4.71. The van der Waals surface area contributed by atoms with Gasteiger partial charge in [0.1, 0.15) is 5.82 Å². The number of imidazole rings is 1. The quantitative estimate of drug-likeness (QED) is 0.742. The van der Waals surface area contributed by atoms with Crippen LogP contribution in [0.3, 0.4) is 0 Å². The number of rotatable bonds is 3. The molecule has 2 N–H and O–H groups in total. The first kappa shape index (κ1) is 13.0. The van der Waals surface area contributed by atoms with Crippen LogP contribution in [0.15, 0.2) is 42.5 Å². The summed E-state index contributed by atoms with van der Waals surface area (Å²) >= 11 is 6.30. The lowest BCUT2D eigenvalue weighted by atomic mass is 10.1. The predicted octanol–water partition coefficient (Wildman–Crippen LogP) is 3.88. The second-order valence-corrected chi connectivity index (χ2v) is 5.21. The van der Waals surface area contributed by atoms with Crippen LogP contribution in [-0.2, 0) is 13.0 Å². The van der Waals surface area contributed by atoms with Crippen molar-refractivity contribution in [1.29, 1.82) is 0 Å². The van der Waals surface area contributed by atoms with E-state index in [9.17, 15) is 0 Å². The van der Waals surface area contributed by atoms with Crippen LogP contribution in [-0.4, -0.2) is 9.55 Å². The van der Waals surface area contributed by atoms with Crippen molar-refractivity contribution in [2.24, 2.45) is 0 Å². The molecule has 0 radical (unpaired) electrons. The Morgan fingerprint density at radius 1 is 1.15 bits per heavy atom. The third-order valence-corrected chi connectivity index (χ3v) is 3.76. The Kier molecular flexibility index (Phi) is 3.36. The number of hydrogen-bond acceptors (Lipinski definition) is 2. The number of aryl methyl sites for hydroxylation is 1. The van der Waals surface area contributed by atoms with E-state index in [1.807, 2.05) is 42.5 Å². The van der Waals surface area contributed by atoms with Gasteiger partial charge in [0.25, 0.3) is 0 Å². The number of nitrogens with zero attached hydrogens (tertiary/aromatic N) is 2. The van der Waals surface area contributed by atoms with Gasteiger partial charge in [-0.2, -0.15) is 0 Å². The molecule has 1 aromatic heterocycles. The topological polar surface area (TPSA) is 43.8 Å². The third-order valence-electron chi connectivity index (χ3n) is 3.45. The van der Waals surface area contributed by atoms with Gasteiger partial charge in [0.15, 0.2) is 0 Å². The molecule has 0 spiro atoms. The molecule has 102 valence electrons. The van der Waals surface area contributed by atoms with Gasteiger partial charge in [-0.15, -0.1) is 0 Å². The molecule has 4 heteroatoms. The van der Waals surface area contributed by atoms with Gasteiger partial charge in [-0.25, -0.2) is 4.98 Å². The SMILES string of the molecule is CCn1c(Cc2ccc(N)cc2)nc2cccc(Cl)c21. The van der Waals surface area contributed by atoms with Crippen LogP contribution in [0.5, 0.6) is 0 Å². The largest absolute Gasteiger partial charge is 0.399 e.